The van der Waals surface area contributed by atoms with Crippen LogP contribution in [0, 0.1) is 6.92 Å². The highest BCUT2D eigenvalue weighted by Gasteiger charge is 2.21. The molecule has 2 aliphatic heterocycles. The van der Waals surface area contributed by atoms with Gasteiger partial charge < -0.3 is 25.3 Å². The summed E-state index contributed by atoms with van der Waals surface area (Å²) in [6, 6.07) is 12.4. The molecule has 0 saturated carbocycles. The van der Waals surface area contributed by atoms with Gasteiger partial charge in [-0.25, -0.2) is 4.98 Å². The molecule has 1 saturated heterocycles. The Bertz CT molecular complexity index is 1250. The Morgan fingerprint density at radius 3 is 2.88 bits per heavy atom. The minimum Gasteiger partial charge on any atom is -0.482 e. The minimum absolute atomic E-state index is 0.0242. The monoisotopic (exact) mass is 459 g/mol. The molecule has 0 bridgehead atoms. The van der Waals surface area contributed by atoms with Gasteiger partial charge in [-0.05, 0) is 43.0 Å². The van der Waals surface area contributed by atoms with E-state index < -0.39 is 0 Å². The summed E-state index contributed by atoms with van der Waals surface area (Å²) in [7, 11) is 1.98. The lowest BCUT2D eigenvalue weighted by Gasteiger charge is -2.23. The molecule has 2 aliphatic rings. The average molecular weight is 460 g/mol. The first kappa shape index (κ1) is 22.2. The van der Waals surface area contributed by atoms with Crippen molar-refractivity contribution in [1.82, 2.24) is 20.2 Å². The van der Waals surface area contributed by atoms with Crippen molar-refractivity contribution in [2.24, 2.45) is 7.05 Å². The highest BCUT2D eigenvalue weighted by molar-refractivity contribution is 5.96. The van der Waals surface area contributed by atoms with Crippen LogP contribution in [-0.4, -0.2) is 40.6 Å². The van der Waals surface area contributed by atoms with Gasteiger partial charge in [-0.2, -0.15) is 0 Å². The molecule has 34 heavy (non-hydrogen) atoms. The van der Waals surface area contributed by atoms with Gasteiger partial charge in [0.05, 0.1) is 23.4 Å². The molecule has 176 valence electrons. The normalized spacial score (nSPS) is 17.5. The highest BCUT2D eigenvalue weighted by Crippen LogP contribution is 2.37. The topological polar surface area (TPSA) is 97.3 Å². The van der Waals surface area contributed by atoms with Crippen LogP contribution in [0.4, 0.5) is 5.69 Å². The predicted molar refractivity (Wildman–Crippen MR) is 130 cm³/mol. The first-order chi connectivity index (χ1) is 16.5. The molecule has 5 rings (SSSR count). The number of nitrogens with zero attached hydrogens (tertiary/aromatic N) is 2. The van der Waals surface area contributed by atoms with Gasteiger partial charge in [0, 0.05) is 43.7 Å². The first-order valence-corrected chi connectivity index (χ1v) is 11.7. The van der Waals surface area contributed by atoms with Crippen LogP contribution in [0.3, 0.4) is 0 Å². The van der Waals surface area contributed by atoms with Crippen molar-refractivity contribution < 1.29 is 14.3 Å². The Morgan fingerprint density at radius 2 is 2.06 bits per heavy atom. The van der Waals surface area contributed by atoms with E-state index in [0.29, 0.717) is 17.9 Å². The number of carbonyl (C=O) groups is 2. The summed E-state index contributed by atoms with van der Waals surface area (Å²) in [5, 5.41) is 9.36. The molecule has 3 aromatic rings. The zero-order valence-electron chi connectivity index (χ0n) is 19.5. The van der Waals surface area contributed by atoms with Crippen molar-refractivity contribution in [3.63, 3.8) is 0 Å². The number of carbonyl (C=O) groups excluding carboxylic acids is 2. The van der Waals surface area contributed by atoms with Gasteiger partial charge in [-0.15, -0.1) is 0 Å². The van der Waals surface area contributed by atoms with E-state index in [4.69, 9.17) is 9.72 Å². The number of benzene rings is 2. The summed E-state index contributed by atoms with van der Waals surface area (Å²) in [6.07, 6.45) is 4.45. The summed E-state index contributed by atoms with van der Waals surface area (Å²) in [5.74, 6) is 0.673. The summed E-state index contributed by atoms with van der Waals surface area (Å²) in [4.78, 5) is 27.9. The molecule has 8 heteroatoms. The molecular weight excluding hydrogens is 430 g/mol. The van der Waals surface area contributed by atoms with Gasteiger partial charge >= 0.3 is 0 Å². The van der Waals surface area contributed by atoms with Gasteiger partial charge in [-0.3, -0.25) is 9.59 Å². The largest absolute Gasteiger partial charge is 0.482 e. The van der Waals surface area contributed by atoms with Crippen molar-refractivity contribution in [1.29, 1.82) is 0 Å². The van der Waals surface area contributed by atoms with Gasteiger partial charge in [-0.1, -0.05) is 24.3 Å². The molecule has 0 radical (unpaired) electrons. The molecule has 2 aromatic carbocycles. The van der Waals surface area contributed by atoms with Crippen LogP contribution in [0.15, 0.2) is 42.7 Å². The quantitative estimate of drug-likeness (QED) is 0.526. The molecular formula is C26H29N5O3. The Kier molecular flexibility index (Phi) is 6.06. The fourth-order valence-electron chi connectivity index (χ4n) is 4.72. The van der Waals surface area contributed by atoms with Crippen molar-refractivity contribution in [2.45, 2.75) is 38.8 Å². The molecule has 0 spiro atoms. The number of piperidine rings is 1. The standard InChI is InChI=1S/C26H29N5O3/c1-16-10-17(12-27-13-19-4-3-5-23(32)29-19)6-8-20(16)25-26(31(2)15-28-25)18-7-9-21-22(11-18)34-14-24(33)30-21/h6-11,15,19,27H,3-5,12-14H2,1-2H3,(H,29,32)(H,30,33)/t19-/m1/s1. The Balaban J connectivity index is 1.34. The summed E-state index contributed by atoms with van der Waals surface area (Å²) in [5.41, 5.74) is 6.97. The molecule has 1 aromatic heterocycles. The van der Waals surface area contributed by atoms with E-state index >= 15 is 0 Å². The second kappa shape index (κ2) is 9.30. The Morgan fingerprint density at radius 1 is 1.18 bits per heavy atom. The van der Waals surface area contributed by atoms with Gasteiger partial charge in [0.15, 0.2) is 6.61 Å². The molecule has 1 fully saturated rings. The van der Waals surface area contributed by atoms with E-state index in [1.54, 1.807) is 0 Å². The maximum absolute atomic E-state index is 11.6. The Hall–Kier alpha value is -3.65. The van der Waals surface area contributed by atoms with E-state index in [0.717, 1.165) is 54.0 Å². The van der Waals surface area contributed by atoms with Crippen molar-refractivity contribution >= 4 is 17.5 Å². The summed E-state index contributed by atoms with van der Waals surface area (Å²) >= 11 is 0. The lowest BCUT2D eigenvalue weighted by molar-refractivity contribution is -0.123. The van der Waals surface area contributed by atoms with Gasteiger partial charge in [0.25, 0.3) is 5.91 Å². The van der Waals surface area contributed by atoms with Crippen molar-refractivity contribution in [2.75, 3.05) is 18.5 Å². The molecule has 8 nitrogen and oxygen atoms in total. The third-order valence-electron chi connectivity index (χ3n) is 6.41. The highest BCUT2D eigenvalue weighted by atomic mass is 16.5. The molecule has 0 aliphatic carbocycles. The zero-order chi connectivity index (χ0) is 23.7. The number of nitrogens with one attached hydrogen (secondary N) is 3. The maximum atomic E-state index is 11.6. The number of fused-ring (bicyclic) bond motifs is 1. The van der Waals surface area contributed by atoms with E-state index in [2.05, 4.69) is 41.1 Å². The van der Waals surface area contributed by atoms with Crippen LogP contribution >= 0.6 is 0 Å². The van der Waals surface area contributed by atoms with Crippen molar-refractivity contribution in [3.05, 3.63) is 53.9 Å². The number of hydrogen-bond acceptors (Lipinski definition) is 5. The van der Waals surface area contributed by atoms with E-state index in [1.165, 1.54) is 5.56 Å². The number of aromatic nitrogens is 2. The van der Waals surface area contributed by atoms with E-state index in [-0.39, 0.29) is 24.5 Å². The third kappa shape index (κ3) is 4.54. The summed E-state index contributed by atoms with van der Waals surface area (Å²) in [6.45, 7) is 3.65. The number of anilines is 1. The summed E-state index contributed by atoms with van der Waals surface area (Å²) < 4.78 is 7.62. The molecule has 3 N–H and O–H groups in total. The predicted octanol–water partition coefficient (Wildman–Crippen LogP) is 3.15. The zero-order valence-corrected chi connectivity index (χ0v) is 19.5. The number of rotatable bonds is 6. The number of amides is 2. The van der Waals surface area contributed by atoms with Gasteiger partial charge in [0.2, 0.25) is 5.91 Å². The number of aryl methyl sites for hydroxylation is 2. The van der Waals surface area contributed by atoms with Crippen LogP contribution in [0.2, 0.25) is 0 Å². The fourth-order valence-corrected chi connectivity index (χ4v) is 4.72. The third-order valence-corrected chi connectivity index (χ3v) is 6.41. The van der Waals surface area contributed by atoms with E-state index in [1.807, 2.05) is 36.1 Å². The second-order valence-corrected chi connectivity index (χ2v) is 9.04. The minimum atomic E-state index is -0.143. The average Bonchev–Trinajstić information content (AvgIpc) is 3.20. The SMILES string of the molecule is Cc1cc(CNC[C@H]2CCCC(=O)N2)ccc1-c1ncn(C)c1-c1ccc2c(c1)OCC(=O)N2. The van der Waals surface area contributed by atoms with Crippen LogP contribution in [0.5, 0.6) is 5.75 Å². The fraction of sp³-hybridized carbons (Fsp3) is 0.346. The lowest BCUT2D eigenvalue weighted by Crippen LogP contribution is -2.44. The van der Waals surface area contributed by atoms with Crippen LogP contribution in [-0.2, 0) is 23.2 Å². The second-order valence-electron chi connectivity index (χ2n) is 9.04. The molecule has 0 unspecified atom stereocenters. The van der Waals surface area contributed by atoms with Crippen LogP contribution < -0.4 is 20.7 Å². The molecule has 2 amide bonds. The van der Waals surface area contributed by atoms with Crippen LogP contribution in [0.1, 0.15) is 30.4 Å². The maximum Gasteiger partial charge on any atom is 0.262 e. The Labute approximate surface area is 198 Å². The first-order valence-electron chi connectivity index (χ1n) is 11.7. The van der Waals surface area contributed by atoms with Gasteiger partial charge in [0.1, 0.15) is 5.75 Å². The lowest BCUT2D eigenvalue weighted by atomic mass is 9.98. The molecule has 1 atom stereocenters. The number of hydrogen-bond donors (Lipinski definition) is 3. The smallest absolute Gasteiger partial charge is 0.262 e. The van der Waals surface area contributed by atoms with Crippen LogP contribution in [0.25, 0.3) is 22.5 Å². The van der Waals surface area contributed by atoms with Crippen molar-refractivity contribution in [3.8, 4) is 28.3 Å². The van der Waals surface area contributed by atoms with E-state index in [9.17, 15) is 9.59 Å². The number of ether oxygens (including phenoxy) is 1. The number of imidazole rings is 1. The molecule has 3 heterocycles.